The molecular formula is C19H18BrN3O3. The van der Waals surface area contributed by atoms with Gasteiger partial charge in [0.05, 0.1) is 19.0 Å². The highest BCUT2D eigenvalue weighted by Crippen LogP contribution is 2.29. The number of carbonyl (C=O) groups excluding carboxylic acids is 2. The molecule has 2 aliphatic rings. The maximum Gasteiger partial charge on any atom is 0.228 e. The van der Waals surface area contributed by atoms with Crippen LogP contribution in [0.3, 0.4) is 0 Å². The molecule has 6 nitrogen and oxygen atoms in total. The number of rotatable bonds is 4. The molecule has 2 aliphatic heterocycles. The zero-order valence-electron chi connectivity index (χ0n) is 14.0. The first-order valence-electron chi connectivity index (χ1n) is 8.52. The quantitative estimate of drug-likeness (QED) is 0.769. The molecule has 3 heterocycles. The molecule has 1 aromatic carbocycles. The third kappa shape index (κ3) is 3.44. The summed E-state index contributed by atoms with van der Waals surface area (Å²) in [5, 5.41) is 0. The fourth-order valence-electron chi connectivity index (χ4n) is 3.30. The Morgan fingerprint density at radius 1 is 1.15 bits per heavy atom. The normalized spacial score (nSPS) is 20.2. The van der Waals surface area contributed by atoms with Crippen molar-refractivity contribution in [1.29, 1.82) is 0 Å². The van der Waals surface area contributed by atoms with E-state index in [0.717, 1.165) is 10.2 Å². The minimum atomic E-state index is -0.294. The highest BCUT2D eigenvalue weighted by atomic mass is 79.9. The van der Waals surface area contributed by atoms with E-state index in [1.807, 2.05) is 36.4 Å². The number of amides is 2. The minimum Gasteiger partial charge on any atom is -0.471 e. The second-order valence-electron chi connectivity index (χ2n) is 6.54. The van der Waals surface area contributed by atoms with Crippen LogP contribution in [-0.2, 0) is 9.59 Å². The van der Waals surface area contributed by atoms with Gasteiger partial charge in [-0.15, -0.1) is 0 Å². The van der Waals surface area contributed by atoms with Crippen molar-refractivity contribution in [1.82, 2.24) is 9.88 Å². The standard InChI is InChI=1S/C19H18BrN3O3/c20-14-4-3-5-15(9-14)23-10-13(8-18(23)24)19(25)22-11-16(12-22)26-17-6-1-2-7-21-17/h1-7,9,13,16H,8,10-12H2. The number of benzene rings is 1. The van der Waals surface area contributed by atoms with Gasteiger partial charge in [0, 0.05) is 35.4 Å². The Hall–Kier alpha value is -2.41. The summed E-state index contributed by atoms with van der Waals surface area (Å²) in [4.78, 5) is 32.6. The van der Waals surface area contributed by atoms with Crippen LogP contribution in [0.5, 0.6) is 5.88 Å². The van der Waals surface area contributed by atoms with E-state index in [4.69, 9.17) is 4.74 Å². The number of carbonyl (C=O) groups is 2. The van der Waals surface area contributed by atoms with Gasteiger partial charge in [0.25, 0.3) is 0 Å². The van der Waals surface area contributed by atoms with Gasteiger partial charge in [-0.05, 0) is 24.3 Å². The highest BCUT2D eigenvalue weighted by molar-refractivity contribution is 9.10. The number of aromatic nitrogens is 1. The molecular weight excluding hydrogens is 398 g/mol. The molecule has 2 aromatic rings. The van der Waals surface area contributed by atoms with Crippen LogP contribution in [0, 0.1) is 5.92 Å². The van der Waals surface area contributed by atoms with E-state index in [1.165, 1.54) is 0 Å². The zero-order valence-corrected chi connectivity index (χ0v) is 15.6. The Bertz CT molecular complexity index is 824. The van der Waals surface area contributed by atoms with E-state index in [-0.39, 0.29) is 30.3 Å². The Morgan fingerprint density at radius 3 is 2.73 bits per heavy atom. The van der Waals surface area contributed by atoms with Gasteiger partial charge in [-0.25, -0.2) is 4.98 Å². The highest BCUT2D eigenvalue weighted by Gasteiger charge is 2.41. The lowest BCUT2D eigenvalue weighted by molar-refractivity contribution is -0.144. The van der Waals surface area contributed by atoms with Crippen molar-refractivity contribution in [3.63, 3.8) is 0 Å². The summed E-state index contributed by atoms with van der Waals surface area (Å²) in [6.07, 6.45) is 1.90. The van der Waals surface area contributed by atoms with Gasteiger partial charge in [0.2, 0.25) is 17.7 Å². The van der Waals surface area contributed by atoms with Crippen LogP contribution in [0.2, 0.25) is 0 Å². The summed E-state index contributed by atoms with van der Waals surface area (Å²) in [6, 6.07) is 13.1. The fourth-order valence-corrected chi connectivity index (χ4v) is 3.69. The van der Waals surface area contributed by atoms with E-state index in [9.17, 15) is 9.59 Å². The number of anilines is 1. The molecule has 0 saturated carbocycles. The molecule has 1 aromatic heterocycles. The van der Waals surface area contributed by atoms with E-state index >= 15 is 0 Å². The average molecular weight is 416 g/mol. The maximum absolute atomic E-state index is 12.7. The molecule has 0 radical (unpaired) electrons. The molecule has 0 spiro atoms. The van der Waals surface area contributed by atoms with E-state index in [2.05, 4.69) is 20.9 Å². The Labute approximate surface area is 159 Å². The van der Waals surface area contributed by atoms with Crippen LogP contribution in [0.25, 0.3) is 0 Å². The minimum absolute atomic E-state index is 0.0109. The second-order valence-corrected chi connectivity index (χ2v) is 7.45. The number of ether oxygens (including phenoxy) is 1. The van der Waals surface area contributed by atoms with Gasteiger partial charge in [-0.2, -0.15) is 0 Å². The Kier molecular flexibility index (Phi) is 4.63. The first kappa shape index (κ1) is 17.0. The molecule has 2 saturated heterocycles. The topological polar surface area (TPSA) is 62.7 Å². The third-order valence-corrected chi connectivity index (χ3v) is 5.17. The predicted molar refractivity (Wildman–Crippen MR) is 99.8 cm³/mol. The number of hydrogen-bond acceptors (Lipinski definition) is 4. The third-order valence-electron chi connectivity index (χ3n) is 4.68. The monoisotopic (exact) mass is 415 g/mol. The van der Waals surface area contributed by atoms with Crippen molar-refractivity contribution in [2.45, 2.75) is 12.5 Å². The van der Waals surface area contributed by atoms with Crippen LogP contribution < -0.4 is 9.64 Å². The summed E-state index contributed by atoms with van der Waals surface area (Å²) < 4.78 is 6.64. The van der Waals surface area contributed by atoms with E-state index in [1.54, 1.807) is 22.1 Å². The summed E-state index contributed by atoms with van der Waals surface area (Å²) in [5.41, 5.74) is 0.819. The summed E-state index contributed by atoms with van der Waals surface area (Å²) in [7, 11) is 0. The van der Waals surface area contributed by atoms with Crippen molar-refractivity contribution in [2.75, 3.05) is 24.5 Å². The van der Waals surface area contributed by atoms with E-state index in [0.29, 0.717) is 25.5 Å². The Balaban J connectivity index is 1.33. The summed E-state index contributed by atoms with van der Waals surface area (Å²) >= 11 is 3.42. The molecule has 0 aliphatic carbocycles. The van der Waals surface area contributed by atoms with E-state index < -0.39 is 0 Å². The fraction of sp³-hybridized carbons (Fsp3) is 0.316. The largest absolute Gasteiger partial charge is 0.471 e. The molecule has 2 amide bonds. The van der Waals surface area contributed by atoms with Gasteiger partial charge in [-0.1, -0.05) is 28.1 Å². The van der Waals surface area contributed by atoms with Crippen molar-refractivity contribution in [3.05, 3.63) is 53.1 Å². The zero-order chi connectivity index (χ0) is 18.1. The molecule has 4 rings (SSSR count). The van der Waals surface area contributed by atoms with Gasteiger partial charge < -0.3 is 14.5 Å². The number of halogens is 1. The van der Waals surface area contributed by atoms with Gasteiger partial charge in [0.15, 0.2) is 0 Å². The molecule has 0 N–H and O–H groups in total. The lowest BCUT2D eigenvalue weighted by Gasteiger charge is -2.39. The lowest BCUT2D eigenvalue weighted by atomic mass is 10.0. The van der Waals surface area contributed by atoms with Gasteiger partial charge in [0.1, 0.15) is 6.10 Å². The number of pyridine rings is 1. The smallest absolute Gasteiger partial charge is 0.228 e. The van der Waals surface area contributed by atoms with Crippen LogP contribution in [-0.4, -0.2) is 47.4 Å². The van der Waals surface area contributed by atoms with Crippen LogP contribution >= 0.6 is 15.9 Å². The molecule has 134 valence electrons. The molecule has 2 fully saturated rings. The SMILES string of the molecule is O=C(C1CC(=O)N(c2cccc(Br)c2)C1)N1CC(Oc2ccccn2)C1. The maximum atomic E-state index is 12.7. The molecule has 1 unspecified atom stereocenters. The Morgan fingerprint density at radius 2 is 2.00 bits per heavy atom. The predicted octanol–water partition coefficient (Wildman–Crippen LogP) is 2.49. The van der Waals surface area contributed by atoms with Crippen LogP contribution in [0.4, 0.5) is 5.69 Å². The van der Waals surface area contributed by atoms with Gasteiger partial charge in [-0.3, -0.25) is 9.59 Å². The number of likely N-dealkylation sites (tertiary alicyclic amines) is 1. The molecule has 7 heteroatoms. The van der Waals surface area contributed by atoms with Crippen LogP contribution in [0.15, 0.2) is 53.1 Å². The number of hydrogen-bond donors (Lipinski definition) is 0. The van der Waals surface area contributed by atoms with Crippen molar-refractivity contribution < 1.29 is 14.3 Å². The van der Waals surface area contributed by atoms with Gasteiger partial charge >= 0.3 is 0 Å². The van der Waals surface area contributed by atoms with Crippen molar-refractivity contribution in [2.24, 2.45) is 5.92 Å². The van der Waals surface area contributed by atoms with Crippen molar-refractivity contribution >= 4 is 33.4 Å². The van der Waals surface area contributed by atoms with Crippen molar-refractivity contribution in [3.8, 4) is 5.88 Å². The first-order valence-corrected chi connectivity index (χ1v) is 9.32. The molecule has 0 bridgehead atoms. The summed E-state index contributed by atoms with van der Waals surface area (Å²) in [5.74, 6) is 0.290. The number of nitrogens with zero attached hydrogens (tertiary/aromatic N) is 3. The average Bonchev–Trinajstić information content (AvgIpc) is 3.00. The first-order chi connectivity index (χ1) is 12.6. The second kappa shape index (κ2) is 7.07. The lowest BCUT2D eigenvalue weighted by Crippen LogP contribution is -2.57. The summed E-state index contributed by atoms with van der Waals surface area (Å²) in [6.45, 7) is 1.50. The molecule has 26 heavy (non-hydrogen) atoms. The molecule has 1 atom stereocenters. The van der Waals surface area contributed by atoms with Crippen LogP contribution in [0.1, 0.15) is 6.42 Å².